The zero-order valence-corrected chi connectivity index (χ0v) is 5.41. The second kappa shape index (κ2) is 3.86. The van der Waals surface area contributed by atoms with Crippen molar-refractivity contribution in [1.29, 1.82) is 0 Å². The van der Waals surface area contributed by atoms with Gasteiger partial charge in [0, 0.05) is 17.6 Å². The molecule has 0 N–H and O–H groups in total. The van der Waals surface area contributed by atoms with E-state index in [2.05, 4.69) is 11.1 Å². The Morgan fingerprint density at radius 2 is 2.00 bits per heavy atom. The van der Waals surface area contributed by atoms with E-state index < -0.39 is 0 Å². The van der Waals surface area contributed by atoms with Gasteiger partial charge in [-0.05, 0) is 6.07 Å². The fraction of sp³-hybridized carbons (Fsp3) is 0. The summed E-state index contributed by atoms with van der Waals surface area (Å²) in [7, 11) is 0. The van der Waals surface area contributed by atoms with Crippen molar-refractivity contribution in [3.05, 3.63) is 42.6 Å². The number of fused-ring (bicyclic) bond motifs is 1. The molecule has 0 saturated heterocycles. The Morgan fingerprint density at radius 1 is 1.18 bits per heavy atom. The Morgan fingerprint density at radius 3 is 2.82 bits per heavy atom. The van der Waals surface area contributed by atoms with Gasteiger partial charge in [-0.25, -0.2) is 0 Å². The van der Waals surface area contributed by atoms with Crippen LogP contribution in [0.1, 0.15) is 0 Å². The fourth-order valence-corrected chi connectivity index (χ4v) is 0.952. The van der Waals surface area contributed by atoms with E-state index in [1.165, 1.54) is 0 Å². The van der Waals surface area contributed by atoms with Crippen molar-refractivity contribution in [3.63, 3.8) is 0 Å². The van der Waals surface area contributed by atoms with E-state index in [0.717, 1.165) is 10.9 Å². The molecule has 1 nitrogen and oxygen atoms in total. The Balaban J connectivity index is 0.000000605. The summed E-state index contributed by atoms with van der Waals surface area (Å²) in [5.41, 5.74) is 0.935. The molecule has 0 amide bonds. The van der Waals surface area contributed by atoms with Crippen LogP contribution in [0, 0.1) is 6.07 Å². The van der Waals surface area contributed by atoms with Crippen LogP contribution in [0.5, 0.6) is 0 Å². The molecule has 0 fully saturated rings. The van der Waals surface area contributed by atoms with E-state index in [4.69, 9.17) is 0 Å². The first kappa shape index (κ1) is 8.72. The second-order valence-electron chi connectivity index (χ2n) is 2.11. The molecule has 1 radical (unpaired) electrons. The van der Waals surface area contributed by atoms with Gasteiger partial charge in [0.15, 0.2) is 0 Å². The normalized spacial score (nSPS) is 9.09. The van der Waals surface area contributed by atoms with Crippen LogP contribution in [-0.2, 0) is 0 Å². The predicted octanol–water partition coefficient (Wildman–Crippen LogP) is 1.39. The van der Waals surface area contributed by atoms with Gasteiger partial charge in [-0.3, -0.25) is 4.98 Å². The molecule has 0 aliphatic rings. The van der Waals surface area contributed by atoms with Gasteiger partial charge in [0.05, 0.1) is 5.52 Å². The molecule has 1 heterocycles. The summed E-state index contributed by atoms with van der Waals surface area (Å²) < 4.78 is 0. The van der Waals surface area contributed by atoms with Crippen LogP contribution >= 0.6 is 0 Å². The maximum absolute atomic E-state index is 4.13. The first-order valence-electron chi connectivity index (χ1n) is 3.18. The molecule has 0 spiro atoms. The molecule has 2 aromatic rings. The van der Waals surface area contributed by atoms with Gasteiger partial charge in [0.2, 0.25) is 0 Å². The molecule has 0 aliphatic carbocycles. The van der Waals surface area contributed by atoms with Crippen LogP contribution < -0.4 is 0 Å². The Kier molecular flexibility index (Phi) is 3.06. The fourth-order valence-electron chi connectivity index (χ4n) is 0.952. The van der Waals surface area contributed by atoms with Crippen LogP contribution in [0.3, 0.4) is 0 Å². The van der Waals surface area contributed by atoms with Crippen molar-refractivity contribution in [2.45, 2.75) is 0 Å². The third-order valence-corrected chi connectivity index (χ3v) is 1.43. The number of aromatic nitrogens is 1. The quantitative estimate of drug-likeness (QED) is 0.520. The maximum Gasteiger partial charge on any atom is 0.0781 e. The largest absolute Gasteiger partial charge is 0.256 e. The molecule has 49 valence electrons. The number of para-hydroxylation sites is 1. The zero-order valence-electron chi connectivity index (χ0n) is 5.41. The van der Waals surface area contributed by atoms with E-state index in [1.54, 1.807) is 6.20 Å². The smallest absolute Gasteiger partial charge is 0.0781 e. The van der Waals surface area contributed by atoms with Crippen molar-refractivity contribution in [3.8, 4) is 0 Å². The van der Waals surface area contributed by atoms with Crippen LogP contribution in [0.2, 0.25) is 0 Å². The summed E-state index contributed by atoms with van der Waals surface area (Å²) in [5.74, 6) is 0. The first-order valence-corrected chi connectivity index (χ1v) is 3.18. The summed E-state index contributed by atoms with van der Waals surface area (Å²) in [4.78, 5) is 4.13. The van der Waals surface area contributed by atoms with E-state index in [-0.39, 0.29) is 29.6 Å². The molecule has 0 saturated carbocycles. The molecule has 1 aromatic heterocycles. The first-order chi connectivity index (χ1) is 4.97. The van der Waals surface area contributed by atoms with Crippen LogP contribution in [-0.4, -0.2) is 34.5 Å². The number of pyridine rings is 1. The van der Waals surface area contributed by atoms with Crippen LogP contribution in [0.4, 0.5) is 0 Å². The molecule has 11 heavy (non-hydrogen) atoms. The molecule has 1 aromatic carbocycles. The van der Waals surface area contributed by atoms with Crippen molar-refractivity contribution >= 4 is 40.5 Å². The molecule has 0 aliphatic heterocycles. The SMILES string of the molecule is [NaH].[c]1cccc2cccnc12. The van der Waals surface area contributed by atoms with E-state index in [0.29, 0.717) is 0 Å². The van der Waals surface area contributed by atoms with Crippen molar-refractivity contribution in [2.75, 3.05) is 0 Å². The summed E-state index contributed by atoms with van der Waals surface area (Å²) in [6.45, 7) is 0. The van der Waals surface area contributed by atoms with Gasteiger partial charge in [0.1, 0.15) is 0 Å². The van der Waals surface area contributed by atoms with Gasteiger partial charge in [-0.1, -0.05) is 24.3 Å². The van der Waals surface area contributed by atoms with E-state index in [1.807, 2.05) is 30.3 Å². The number of hydrogen-bond acceptors (Lipinski definition) is 1. The molecule has 2 rings (SSSR count). The second-order valence-corrected chi connectivity index (χ2v) is 2.11. The Hall–Kier alpha value is -0.370. The van der Waals surface area contributed by atoms with Gasteiger partial charge in [0.25, 0.3) is 0 Å². The van der Waals surface area contributed by atoms with Crippen molar-refractivity contribution < 1.29 is 0 Å². The predicted molar refractivity (Wildman–Crippen MR) is 47.7 cm³/mol. The summed E-state index contributed by atoms with van der Waals surface area (Å²) in [5, 5.41) is 1.14. The molecule has 0 bridgehead atoms. The number of nitrogens with zero attached hydrogens (tertiary/aromatic N) is 1. The average Bonchev–Trinajstić information content (AvgIpc) is 2.05. The monoisotopic (exact) mass is 152 g/mol. The molecular formula is C9H7NNa. The number of hydrogen-bond donors (Lipinski definition) is 0. The van der Waals surface area contributed by atoms with Gasteiger partial charge in [-0.15, -0.1) is 0 Å². The molecule has 0 unspecified atom stereocenters. The van der Waals surface area contributed by atoms with Gasteiger partial charge < -0.3 is 0 Å². The average molecular weight is 152 g/mol. The van der Waals surface area contributed by atoms with E-state index >= 15 is 0 Å². The molecule has 2 heteroatoms. The summed E-state index contributed by atoms with van der Waals surface area (Å²) in [6.07, 6.45) is 1.78. The Bertz CT molecular complexity index is 281. The minimum atomic E-state index is 0. The van der Waals surface area contributed by atoms with Gasteiger partial charge in [-0.2, -0.15) is 0 Å². The van der Waals surface area contributed by atoms with E-state index in [9.17, 15) is 0 Å². The number of benzene rings is 1. The number of rotatable bonds is 0. The standard InChI is InChI=1S/C9H6N.Na.H/c1-2-6-9-8(4-1)5-3-7-10-9;;/h1-5,7H;;. The topological polar surface area (TPSA) is 12.9 Å². The van der Waals surface area contributed by atoms with Gasteiger partial charge >= 0.3 is 29.6 Å². The summed E-state index contributed by atoms with van der Waals surface area (Å²) in [6, 6.07) is 12.9. The molecular weight excluding hydrogens is 145 g/mol. The zero-order chi connectivity index (χ0) is 6.81. The minimum Gasteiger partial charge on any atom is -0.256 e. The minimum absolute atomic E-state index is 0. The van der Waals surface area contributed by atoms with Crippen LogP contribution in [0.15, 0.2) is 36.5 Å². The third kappa shape index (κ3) is 1.80. The summed E-state index contributed by atoms with van der Waals surface area (Å²) >= 11 is 0. The van der Waals surface area contributed by atoms with Crippen LogP contribution in [0.25, 0.3) is 10.9 Å². The third-order valence-electron chi connectivity index (χ3n) is 1.43. The van der Waals surface area contributed by atoms with Crippen molar-refractivity contribution in [2.24, 2.45) is 0 Å². The molecule has 0 atom stereocenters. The van der Waals surface area contributed by atoms with Crippen molar-refractivity contribution in [1.82, 2.24) is 4.98 Å². The maximum atomic E-state index is 4.13. The Labute approximate surface area is 87.7 Å².